The van der Waals surface area contributed by atoms with Crippen molar-refractivity contribution in [2.24, 2.45) is 0 Å². The topological polar surface area (TPSA) is 49.8 Å². The molecule has 6 heteroatoms. The zero-order valence-electron chi connectivity index (χ0n) is 12.6. The lowest BCUT2D eigenvalue weighted by atomic mass is 10.1. The number of phenolic OH excluding ortho intramolecular Hbond substituents is 1. The van der Waals surface area contributed by atoms with Gasteiger partial charge in [0.05, 0.1) is 15.3 Å². The molecular weight excluding hydrogens is 334 g/mol. The molecular formula is C17H18ClNO3S. The first kappa shape index (κ1) is 16.3. The van der Waals surface area contributed by atoms with Gasteiger partial charge in [-0.3, -0.25) is 4.79 Å². The van der Waals surface area contributed by atoms with E-state index in [0.29, 0.717) is 22.3 Å². The second-order valence-corrected chi connectivity index (χ2v) is 7.27. The lowest BCUT2D eigenvalue weighted by Crippen LogP contribution is -2.36. The van der Waals surface area contributed by atoms with Crippen LogP contribution in [0.3, 0.4) is 0 Å². The third-order valence-electron chi connectivity index (χ3n) is 3.87. The fourth-order valence-electron chi connectivity index (χ4n) is 2.69. The Labute approximate surface area is 144 Å². The first-order valence-corrected chi connectivity index (χ1v) is 8.76. The second kappa shape index (κ2) is 7.34. The highest BCUT2D eigenvalue weighted by atomic mass is 35.5. The number of amides is 1. The molecule has 23 heavy (non-hydrogen) atoms. The number of para-hydroxylation sites is 1. The Morgan fingerprint density at radius 2 is 2.17 bits per heavy atom. The van der Waals surface area contributed by atoms with Crippen LogP contribution < -0.4 is 0 Å². The molecule has 0 radical (unpaired) electrons. The predicted octanol–water partition coefficient (Wildman–Crippen LogP) is 3.93. The van der Waals surface area contributed by atoms with Crippen LogP contribution in [0.4, 0.5) is 0 Å². The minimum Gasteiger partial charge on any atom is -0.508 e. The van der Waals surface area contributed by atoms with Crippen LogP contribution in [0.2, 0.25) is 4.34 Å². The van der Waals surface area contributed by atoms with Crippen LogP contribution in [0.15, 0.2) is 36.4 Å². The van der Waals surface area contributed by atoms with Crippen LogP contribution in [0.5, 0.6) is 5.75 Å². The highest BCUT2D eigenvalue weighted by Gasteiger charge is 2.25. The first-order chi connectivity index (χ1) is 11.1. The first-order valence-electron chi connectivity index (χ1n) is 7.56. The SMILES string of the molecule is O=C(c1ccc(Cl)s1)N(Cc1ccccc1O)CC1CCCO1. The molecule has 1 N–H and O–H groups in total. The summed E-state index contributed by atoms with van der Waals surface area (Å²) in [5.74, 6) is 0.113. The van der Waals surface area contributed by atoms with Crippen molar-refractivity contribution in [2.75, 3.05) is 13.2 Å². The molecule has 1 saturated heterocycles. The maximum atomic E-state index is 12.8. The maximum Gasteiger partial charge on any atom is 0.264 e. The van der Waals surface area contributed by atoms with Crippen molar-refractivity contribution < 1.29 is 14.6 Å². The normalized spacial score (nSPS) is 17.3. The van der Waals surface area contributed by atoms with Gasteiger partial charge >= 0.3 is 0 Å². The van der Waals surface area contributed by atoms with Gasteiger partial charge in [0.15, 0.2) is 0 Å². The smallest absolute Gasteiger partial charge is 0.264 e. The van der Waals surface area contributed by atoms with Crippen molar-refractivity contribution in [2.45, 2.75) is 25.5 Å². The molecule has 2 heterocycles. The number of phenols is 1. The zero-order valence-corrected chi connectivity index (χ0v) is 14.1. The van der Waals surface area contributed by atoms with E-state index in [1.165, 1.54) is 11.3 Å². The molecule has 1 aromatic carbocycles. The minimum absolute atomic E-state index is 0.0558. The maximum absolute atomic E-state index is 12.8. The van der Waals surface area contributed by atoms with Crippen LogP contribution >= 0.6 is 22.9 Å². The molecule has 0 spiro atoms. The molecule has 0 saturated carbocycles. The van der Waals surface area contributed by atoms with Gasteiger partial charge < -0.3 is 14.7 Å². The van der Waals surface area contributed by atoms with E-state index in [4.69, 9.17) is 16.3 Å². The van der Waals surface area contributed by atoms with Crippen LogP contribution in [0, 0.1) is 0 Å². The number of ether oxygens (including phenoxy) is 1. The number of aromatic hydroxyl groups is 1. The number of rotatable bonds is 5. The average Bonchev–Trinajstić information content (AvgIpc) is 3.19. The number of halogens is 1. The number of hydrogen-bond donors (Lipinski definition) is 1. The standard InChI is InChI=1S/C17H18ClNO3S/c18-16-8-7-15(23-16)17(21)19(11-13-5-3-9-22-13)10-12-4-1-2-6-14(12)20/h1-2,4,6-8,13,20H,3,5,9-11H2. The molecule has 0 bridgehead atoms. The van der Waals surface area contributed by atoms with Crippen molar-refractivity contribution in [3.8, 4) is 5.75 Å². The van der Waals surface area contributed by atoms with Crippen molar-refractivity contribution in [1.29, 1.82) is 0 Å². The van der Waals surface area contributed by atoms with Crippen molar-refractivity contribution in [3.63, 3.8) is 0 Å². The summed E-state index contributed by atoms with van der Waals surface area (Å²) in [6.07, 6.45) is 2.03. The van der Waals surface area contributed by atoms with Gasteiger partial charge in [-0.15, -0.1) is 11.3 Å². The number of thiophene rings is 1. The van der Waals surface area contributed by atoms with Crippen LogP contribution in [0.1, 0.15) is 28.1 Å². The molecule has 1 aromatic heterocycles. The monoisotopic (exact) mass is 351 g/mol. The summed E-state index contributed by atoms with van der Waals surface area (Å²) < 4.78 is 6.25. The fourth-order valence-corrected chi connectivity index (χ4v) is 3.70. The number of carbonyl (C=O) groups is 1. The van der Waals surface area contributed by atoms with Gasteiger partial charge in [-0.2, -0.15) is 0 Å². The van der Waals surface area contributed by atoms with Crippen LogP contribution in [-0.4, -0.2) is 35.2 Å². The molecule has 1 aliphatic rings. The highest BCUT2D eigenvalue weighted by Crippen LogP contribution is 2.26. The summed E-state index contributed by atoms with van der Waals surface area (Å²) in [7, 11) is 0. The Bertz CT molecular complexity index is 682. The number of carbonyl (C=O) groups excluding carboxylic acids is 1. The lowest BCUT2D eigenvalue weighted by Gasteiger charge is -2.25. The Kier molecular flexibility index (Phi) is 5.20. The van der Waals surface area contributed by atoms with E-state index in [-0.39, 0.29) is 17.8 Å². The highest BCUT2D eigenvalue weighted by molar-refractivity contribution is 7.17. The molecule has 0 aliphatic carbocycles. The van der Waals surface area contributed by atoms with Gasteiger partial charge in [-0.25, -0.2) is 0 Å². The zero-order chi connectivity index (χ0) is 16.2. The Balaban J connectivity index is 1.80. The van der Waals surface area contributed by atoms with Gasteiger partial charge in [-0.1, -0.05) is 29.8 Å². The van der Waals surface area contributed by atoms with Gasteiger partial charge in [0.25, 0.3) is 5.91 Å². The Morgan fingerprint density at radius 1 is 1.35 bits per heavy atom. The quantitative estimate of drug-likeness (QED) is 0.888. The van der Waals surface area contributed by atoms with Crippen molar-refractivity contribution in [3.05, 3.63) is 51.2 Å². The number of nitrogens with zero attached hydrogens (tertiary/aromatic N) is 1. The van der Waals surface area contributed by atoms with Crippen molar-refractivity contribution in [1.82, 2.24) is 4.90 Å². The third-order valence-corrected chi connectivity index (χ3v) is 5.09. The van der Waals surface area contributed by atoms with E-state index >= 15 is 0 Å². The molecule has 1 unspecified atom stereocenters. The summed E-state index contributed by atoms with van der Waals surface area (Å²) in [5.41, 5.74) is 0.724. The lowest BCUT2D eigenvalue weighted by molar-refractivity contribution is 0.0509. The number of benzene rings is 1. The van der Waals surface area contributed by atoms with Gasteiger partial charge in [-0.05, 0) is 31.0 Å². The van der Waals surface area contributed by atoms with Gasteiger partial charge in [0.2, 0.25) is 0 Å². The van der Waals surface area contributed by atoms with E-state index < -0.39 is 0 Å². The van der Waals surface area contributed by atoms with E-state index in [0.717, 1.165) is 25.0 Å². The molecule has 3 rings (SSSR count). The molecule has 1 aliphatic heterocycles. The molecule has 4 nitrogen and oxygen atoms in total. The summed E-state index contributed by atoms with van der Waals surface area (Å²) in [6, 6.07) is 10.5. The Hall–Kier alpha value is -1.56. The molecule has 2 aromatic rings. The third kappa shape index (κ3) is 4.05. The van der Waals surface area contributed by atoms with E-state index in [1.54, 1.807) is 29.2 Å². The fraction of sp³-hybridized carbons (Fsp3) is 0.353. The number of hydrogen-bond acceptors (Lipinski definition) is 4. The largest absolute Gasteiger partial charge is 0.508 e. The van der Waals surface area contributed by atoms with Crippen LogP contribution in [-0.2, 0) is 11.3 Å². The summed E-state index contributed by atoms with van der Waals surface area (Å²) in [4.78, 5) is 15.1. The van der Waals surface area contributed by atoms with Gasteiger partial charge in [0, 0.05) is 25.3 Å². The van der Waals surface area contributed by atoms with E-state index in [2.05, 4.69) is 0 Å². The average molecular weight is 352 g/mol. The minimum atomic E-state index is -0.0827. The Morgan fingerprint density at radius 3 is 2.83 bits per heavy atom. The second-order valence-electron chi connectivity index (χ2n) is 5.55. The molecule has 122 valence electrons. The van der Waals surface area contributed by atoms with Crippen LogP contribution in [0.25, 0.3) is 0 Å². The van der Waals surface area contributed by atoms with Gasteiger partial charge in [0.1, 0.15) is 5.75 Å². The summed E-state index contributed by atoms with van der Waals surface area (Å²) >= 11 is 7.22. The summed E-state index contributed by atoms with van der Waals surface area (Å²) in [6.45, 7) is 1.61. The predicted molar refractivity (Wildman–Crippen MR) is 91.2 cm³/mol. The summed E-state index contributed by atoms with van der Waals surface area (Å²) in [5, 5.41) is 9.99. The molecule has 1 fully saturated rings. The van der Waals surface area contributed by atoms with E-state index in [9.17, 15) is 9.90 Å². The molecule has 1 atom stereocenters. The van der Waals surface area contributed by atoms with Crippen molar-refractivity contribution >= 4 is 28.8 Å². The van der Waals surface area contributed by atoms with E-state index in [1.807, 2.05) is 12.1 Å². The molecule has 1 amide bonds.